The van der Waals surface area contributed by atoms with Gasteiger partial charge in [0, 0.05) is 18.5 Å². The normalized spacial score (nSPS) is 35.3. The van der Waals surface area contributed by atoms with Gasteiger partial charge in [-0.15, -0.1) is 11.6 Å². The summed E-state index contributed by atoms with van der Waals surface area (Å²) in [4.78, 5) is 13.4. The minimum absolute atomic E-state index is 0.0129. The maximum absolute atomic E-state index is 11.5. The number of likely N-dealkylation sites (tertiary alicyclic amines) is 1. The van der Waals surface area contributed by atoms with E-state index in [1.807, 2.05) is 4.90 Å². The fourth-order valence-corrected chi connectivity index (χ4v) is 3.28. The quantitative estimate of drug-likeness (QED) is 0.727. The van der Waals surface area contributed by atoms with E-state index in [-0.39, 0.29) is 23.8 Å². The lowest BCUT2D eigenvalue weighted by Gasteiger charge is -2.36. The van der Waals surface area contributed by atoms with Crippen molar-refractivity contribution in [3.8, 4) is 0 Å². The molecular weight excluding hydrogens is 214 g/mol. The molecule has 2 aliphatic rings. The van der Waals surface area contributed by atoms with Crippen molar-refractivity contribution in [3.05, 3.63) is 0 Å². The Morgan fingerprint density at radius 2 is 2.33 bits per heavy atom. The van der Waals surface area contributed by atoms with E-state index in [4.69, 9.17) is 11.6 Å². The Balaban J connectivity index is 2.10. The van der Waals surface area contributed by atoms with E-state index in [0.717, 1.165) is 19.4 Å². The van der Waals surface area contributed by atoms with E-state index in [0.29, 0.717) is 12.5 Å². The summed E-state index contributed by atoms with van der Waals surface area (Å²) in [5.74, 6) is 0.566. The molecule has 1 aliphatic heterocycles. The minimum atomic E-state index is -0.0139. The van der Waals surface area contributed by atoms with E-state index >= 15 is 0 Å². The van der Waals surface area contributed by atoms with Crippen molar-refractivity contribution < 1.29 is 9.90 Å². The van der Waals surface area contributed by atoms with Crippen molar-refractivity contribution in [3.63, 3.8) is 0 Å². The number of alkyl halides is 1. The maximum atomic E-state index is 11.5. The fourth-order valence-electron chi connectivity index (χ4n) is 3.11. The molecule has 1 amide bonds. The molecule has 1 aliphatic carbocycles. The standard InChI is InChI=1S/C11H18ClNO2/c12-5-10(15)13-6-9-3-1-2-4-11(9,7-13)8-14/h9,14H,1-8H2/t9-,11-/m0/s1. The van der Waals surface area contributed by atoms with Crippen LogP contribution in [0.25, 0.3) is 0 Å². The molecule has 15 heavy (non-hydrogen) atoms. The summed E-state index contributed by atoms with van der Waals surface area (Å²) in [5, 5.41) is 9.55. The molecule has 4 heteroatoms. The highest BCUT2D eigenvalue weighted by Crippen LogP contribution is 2.46. The summed E-state index contributed by atoms with van der Waals surface area (Å²) in [6.07, 6.45) is 4.61. The van der Waals surface area contributed by atoms with Gasteiger partial charge in [0.25, 0.3) is 0 Å². The van der Waals surface area contributed by atoms with Crippen LogP contribution < -0.4 is 0 Å². The van der Waals surface area contributed by atoms with Gasteiger partial charge in [0.1, 0.15) is 5.88 Å². The highest BCUT2D eigenvalue weighted by molar-refractivity contribution is 6.27. The Kier molecular flexibility index (Phi) is 3.21. The first-order valence-corrected chi connectivity index (χ1v) is 6.20. The monoisotopic (exact) mass is 231 g/mol. The van der Waals surface area contributed by atoms with Gasteiger partial charge in [0.05, 0.1) is 6.61 Å². The molecule has 2 rings (SSSR count). The molecule has 0 aromatic heterocycles. The third kappa shape index (κ3) is 1.87. The predicted molar refractivity (Wildman–Crippen MR) is 58.8 cm³/mol. The van der Waals surface area contributed by atoms with Gasteiger partial charge in [-0.05, 0) is 18.8 Å². The Bertz CT molecular complexity index is 259. The number of fused-ring (bicyclic) bond motifs is 1. The van der Waals surface area contributed by atoms with E-state index in [9.17, 15) is 9.90 Å². The Morgan fingerprint density at radius 1 is 1.53 bits per heavy atom. The lowest BCUT2D eigenvalue weighted by Crippen LogP contribution is -2.37. The number of carbonyl (C=O) groups excluding carboxylic acids is 1. The number of aliphatic hydroxyl groups is 1. The summed E-state index contributed by atoms with van der Waals surface area (Å²) in [6.45, 7) is 1.72. The first kappa shape index (κ1) is 11.2. The fraction of sp³-hybridized carbons (Fsp3) is 0.909. The van der Waals surface area contributed by atoms with Gasteiger partial charge >= 0.3 is 0 Å². The van der Waals surface area contributed by atoms with Crippen LogP contribution in [0.15, 0.2) is 0 Å². The number of hydrogen-bond donors (Lipinski definition) is 1. The van der Waals surface area contributed by atoms with Crippen molar-refractivity contribution in [2.75, 3.05) is 25.6 Å². The molecule has 0 radical (unpaired) electrons. The smallest absolute Gasteiger partial charge is 0.237 e. The topological polar surface area (TPSA) is 40.5 Å². The Hall–Kier alpha value is -0.280. The number of hydrogen-bond acceptors (Lipinski definition) is 2. The van der Waals surface area contributed by atoms with Gasteiger partial charge in [0.15, 0.2) is 0 Å². The molecule has 1 saturated heterocycles. The van der Waals surface area contributed by atoms with Crippen molar-refractivity contribution in [2.24, 2.45) is 11.3 Å². The third-order valence-corrected chi connectivity index (χ3v) is 4.30. The zero-order valence-corrected chi connectivity index (χ0v) is 9.67. The van der Waals surface area contributed by atoms with Crippen LogP contribution in [0.1, 0.15) is 25.7 Å². The second-order valence-corrected chi connectivity index (χ2v) is 5.14. The van der Waals surface area contributed by atoms with Crippen molar-refractivity contribution in [1.29, 1.82) is 0 Å². The molecule has 0 unspecified atom stereocenters. The summed E-state index contributed by atoms with van der Waals surface area (Å²) in [6, 6.07) is 0. The number of aliphatic hydroxyl groups excluding tert-OH is 1. The summed E-state index contributed by atoms with van der Waals surface area (Å²) >= 11 is 5.56. The summed E-state index contributed by atoms with van der Waals surface area (Å²) in [5.41, 5.74) is -0.0139. The minimum Gasteiger partial charge on any atom is -0.396 e. The summed E-state index contributed by atoms with van der Waals surface area (Å²) < 4.78 is 0. The van der Waals surface area contributed by atoms with Gasteiger partial charge in [-0.2, -0.15) is 0 Å². The van der Waals surface area contributed by atoms with E-state index in [1.165, 1.54) is 12.8 Å². The first-order chi connectivity index (χ1) is 7.22. The molecule has 0 aromatic carbocycles. The van der Waals surface area contributed by atoms with E-state index < -0.39 is 0 Å². The van der Waals surface area contributed by atoms with Crippen LogP contribution in [0.5, 0.6) is 0 Å². The second kappa shape index (κ2) is 4.30. The molecule has 86 valence electrons. The second-order valence-electron chi connectivity index (χ2n) is 4.87. The number of rotatable bonds is 2. The lowest BCUT2D eigenvalue weighted by atomic mass is 9.69. The Labute approximate surface area is 95.4 Å². The molecule has 0 spiro atoms. The van der Waals surface area contributed by atoms with Crippen LogP contribution in [0.3, 0.4) is 0 Å². The van der Waals surface area contributed by atoms with Gasteiger partial charge < -0.3 is 10.0 Å². The molecule has 1 N–H and O–H groups in total. The van der Waals surface area contributed by atoms with Crippen LogP contribution in [0, 0.1) is 11.3 Å². The average Bonchev–Trinajstić information content (AvgIpc) is 2.67. The van der Waals surface area contributed by atoms with Crippen LogP contribution in [0.4, 0.5) is 0 Å². The zero-order chi connectivity index (χ0) is 10.9. The van der Waals surface area contributed by atoms with Crippen LogP contribution in [-0.2, 0) is 4.79 Å². The van der Waals surface area contributed by atoms with Gasteiger partial charge in [0.2, 0.25) is 5.91 Å². The highest BCUT2D eigenvalue weighted by Gasteiger charge is 2.48. The van der Waals surface area contributed by atoms with E-state index in [2.05, 4.69) is 0 Å². The molecule has 1 saturated carbocycles. The predicted octanol–water partition coefficient (Wildman–Crippen LogP) is 1.24. The largest absolute Gasteiger partial charge is 0.396 e. The highest BCUT2D eigenvalue weighted by atomic mass is 35.5. The molecule has 0 bridgehead atoms. The number of amides is 1. The first-order valence-electron chi connectivity index (χ1n) is 5.66. The molecular formula is C11H18ClNO2. The molecule has 3 nitrogen and oxygen atoms in total. The molecule has 2 fully saturated rings. The SMILES string of the molecule is O=C(CCl)N1C[C@@H]2CCCC[C@@]2(CO)C1. The molecule has 2 atom stereocenters. The van der Waals surface area contributed by atoms with Crippen LogP contribution >= 0.6 is 11.6 Å². The van der Waals surface area contributed by atoms with Crippen LogP contribution in [-0.4, -0.2) is 41.5 Å². The van der Waals surface area contributed by atoms with Gasteiger partial charge in [-0.25, -0.2) is 0 Å². The average molecular weight is 232 g/mol. The maximum Gasteiger partial charge on any atom is 0.237 e. The molecule has 1 heterocycles. The van der Waals surface area contributed by atoms with Gasteiger partial charge in [-0.3, -0.25) is 4.79 Å². The van der Waals surface area contributed by atoms with Crippen LogP contribution in [0.2, 0.25) is 0 Å². The third-order valence-electron chi connectivity index (χ3n) is 4.07. The van der Waals surface area contributed by atoms with E-state index in [1.54, 1.807) is 0 Å². The Morgan fingerprint density at radius 3 is 2.93 bits per heavy atom. The molecule has 0 aromatic rings. The summed E-state index contributed by atoms with van der Waals surface area (Å²) in [7, 11) is 0. The number of carbonyl (C=O) groups is 1. The van der Waals surface area contributed by atoms with Crippen molar-refractivity contribution in [1.82, 2.24) is 4.90 Å². The lowest BCUT2D eigenvalue weighted by molar-refractivity contribution is -0.128. The van der Waals surface area contributed by atoms with Crippen molar-refractivity contribution >= 4 is 17.5 Å². The zero-order valence-electron chi connectivity index (χ0n) is 8.91. The van der Waals surface area contributed by atoms with Crippen molar-refractivity contribution in [2.45, 2.75) is 25.7 Å². The number of nitrogens with zero attached hydrogens (tertiary/aromatic N) is 1. The number of halogens is 1. The van der Waals surface area contributed by atoms with Gasteiger partial charge in [-0.1, -0.05) is 12.8 Å².